The largest absolute Gasteiger partial charge is 0.491 e. The second-order valence-electron chi connectivity index (χ2n) is 7.38. The van der Waals surface area contributed by atoms with Crippen LogP contribution >= 0.6 is 0 Å². The van der Waals surface area contributed by atoms with Gasteiger partial charge in [0.2, 0.25) is 15.9 Å². The number of hydrogen-bond donors (Lipinski definition) is 1. The molecule has 9 nitrogen and oxygen atoms in total. The first kappa shape index (κ1) is 24.0. The van der Waals surface area contributed by atoms with Gasteiger partial charge < -0.3 is 10.1 Å². The van der Waals surface area contributed by atoms with Crippen molar-refractivity contribution in [1.29, 1.82) is 0 Å². The molecule has 0 aliphatic rings. The molecule has 1 N–H and O–H groups in total. The van der Waals surface area contributed by atoms with Gasteiger partial charge in [0, 0.05) is 17.5 Å². The van der Waals surface area contributed by atoms with E-state index < -0.39 is 26.9 Å². The minimum absolute atomic E-state index is 0.0562. The Morgan fingerprint density at radius 2 is 1.82 bits per heavy atom. The van der Waals surface area contributed by atoms with Gasteiger partial charge in [0.1, 0.15) is 18.4 Å². The van der Waals surface area contributed by atoms with Crippen LogP contribution in [0.15, 0.2) is 66.7 Å². The number of sulfonamides is 1. The maximum Gasteiger partial charge on any atom is 0.271 e. The molecule has 33 heavy (non-hydrogen) atoms. The Hall–Kier alpha value is -3.66. The number of nitro groups is 1. The van der Waals surface area contributed by atoms with Crippen LogP contribution in [0, 0.1) is 10.1 Å². The first-order valence-corrected chi connectivity index (χ1v) is 12.2. The fraction of sp³-hybridized carbons (Fsp3) is 0.261. The predicted molar refractivity (Wildman–Crippen MR) is 127 cm³/mol. The molecule has 0 bridgehead atoms. The Balaban J connectivity index is 1.71. The molecule has 174 valence electrons. The van der Waals surface area contributed by atoms with Gasteiger partial charge in [0.15, 0.2) is 0 Å². The molecule has 3 aromatic carbocycles. The third-order valence-electron chi connectivity index (χ3n) is 5.03. The number of non-ortho nitro benzene ring substituents is 1. The van der Waals surface area contributed by atoms with E-state index in [1.165, 1.54) is 18.2 Å². The maximum absolute atomic E-state index is 12.9. The molecule has 3 aromatic rings. The molecule has 1 atom stereocenters. The quantitative estimate of drug-likeness (QED) is 0.275. The van der Waals surface area contributed by atoms with E-state index >= 15 is 0 Å². The zero-order valence-corrected chi connectivity index (χ0v) is 19.1. The number of carbonyl (C=O) groups excluding carboxylic acids is 1. The summed E-state index contributed by atoms with van der Waals surface area (Å²) in [4.78, 5) is 23.4. The van der Waals surface area contributed by atoms with Gasteiger partial charge in [-0.25, -0.2) is 8.42 Å². The number of amides is 1. The van der Waals surface area contributed by atoms with Crippen molar-refractivity contribution in [2.75, 3.05) is 23.7 Å². The molecule has 10 heteroatoms. The summed E-state index contributed by atoms with van der Waals surface area (Å²) in [7, 11) is -3.90. The average molecular weight is 472 g/mol. The molecular formula is C23H25N3O6S. The number of benzene rings is 3. The van der Waals surface area contributed by atoms with E-state index in [0.717, 1.165) is 27.4 Å². The van der Waals surface area contributed by atoms with Gasteiger partial charge in [0.25, 0.3) is 5.69 Å². The van der Waals surface area contributed by atoms with E-state index in [0.29, 0.717) is 5.75 Å². The second kappa shape index (κ2) is 10.3. The zero-order chi connectivity index (χ0) is 24.0. The van der Waals surface area contributed by atoms with E-state index in [2.05, 4.69) is 5.32 Å². The van der Waals surface area contributed by atoms with Crippen LogP contribution < -0.4 is 14.4 Å². The third kappa shape index (κ3) is 5.78. The van der Waals surface area contributed by atoms with Gasteiger partial charge in [-0.3, -0.25) is 19.2 Å². The Kier molecular flexibility index (Phi) is 7.49. The highest BCUT2D eigenvalue weighted by molar-refractivity contribution is 7.92. The smallest absolute Gasteiger partial charge is 0.271 e. The number of ether oxygens (including phenoxy) is 1. The average Bonchev–Trinajstić information content (AvgIpc) is 2.79. The lowest BCUT2D eigenvalue weighted by Gasteiger charge is -2.30. The number of nitro benzene ring substituents is 1. The topological polar surface area (TPSA) is 119 Å². The molecule has 0 aromatic heterocycles. The minimum Gasteiger partial charge on any atom is -0.491 e. The lowest BCUT2D eigenvalue weighted by molar-refractivity contribution is -0.384. The molecule has 3 rings (SSSR count). The zero-order valence-electron chi connectivity index (χ0n) is 18.3. The van der Waals surface area contributed by atoms with Crippen LogP contribution in [0.4, 0.5) is 11.4 Å². The number of nitrogens with one attached hydrogen (secondary N) is 1. The van der Waals surface area contributed by atoms with Crippen LogP contribution in [-0.2, 0) is 14.8 Å². The number of rotatable bonds is 10. The van der Waals surface area contributed by atoms with Crippen LogP contribution in [-0.4, -0.2) is 44.7 Å². The number of carbonyl (C=O) groups is 1. The summed E-state index contributed by atoms with van der Waals surface area (Å²) in [6.45, 7) is 2.02. The normalized spacial score (nSPS) is 12.2. The standard InChI is InChI=1S/C23H25N3O6S/c1-3-21(25(33(2,30)31)18-10-7-11-19(16-18)26(28)29)23(27)24-14-15-32-22-13-6-9-17-8-4-5-12-20(17)22/h4-13,16,21H,3,14-15H2,1-2H3,(H,24,27)/t21-/m0/s1. The highest BCUT2D eigenvalue weighted by Crippen LogP contribution is 2.27. The summed E-state index contributed by atoms with van der Waals surface area (Å²) in [6, 6.07) is 17.6. The van der Waals surface area contributed by atoms with Crippen LogP contribution in [0.5, 0.6) is 5.75 Å². The van der Waals surface area contributed by atoms with Gasteiger partial charge in [0.05, 0.1) is 23.4 Å². The Morgan fingerprint density at radius 1 is 1.12 bits per heavy atom. The minimum atomic E-state index is -3.90. The number of nitrogens with zero attached hydrogens (tertiary/aromatic N) is 2. The van der Waals surface area contributed by atoms with Gasteiger partial charge in [-0.1, -0.05) is 49.4 Å². The Bertz CT molecular complexity index is 1260. The van der Waals surface area contributed by atoms with Crippen molar-refractivity contribution in [2.24, 2.45) is 0 Å². The Labute approximate surface area is 192 Å². The molecular weight excluding hydrogens is 446 g/mol. The number of hydrogen-bond acceptors (Lipinski definition) is 6. The van der Waals surface area contributed by atoms with E-state index in [9.17, 15) is 23.3 Å². The summed E-state index contributed by atoms with van der Waals surface area (Å²) in [6.07, 6.45) is 1.14. The van der Waals surface area contributed by atoms with Gasteiger partial charge >= 0.3 is 0 Å². The van der Waals surface area contributed by atoms with Crippen molar-refractivity contribution in [3.63, 3.8) is 0 Å². The SMILES string of the molecule is CC[C@@H](C(=O)NCCOc1cccc2ccccc12)N(c1cccc([N+](=O)[O-])c1)S(C)(=O)=O. The third-order valence-corrected chi connectivity index (χ3v) is 6.21. The van der Waals surface area contributed by atoms with Crippen molar-refractivity contribution in [2.45, 2.75) is 19.4 Å². The molecule has 1 amide bonds. The lowest BCUT2D eigenvalue weighted by atomic mass is 10.1. The van der Waals surface area contributed by atoms with Gasteiger partial charge in [-0.2, -0.15) is 0 Å². The van der Waals surface area contributed by atoms with E-state index in [1.807, 2.05) is 42.5 Å². The fourth-order valence-corrected chi connectivity index (χ4v) is 4.78. The van der Waals surface area contributed by atoms with Crippen LogP contribution in [0.2, 0.25) is 0 Å². The maximum atomic E-state index is 12.9. The van der Waals surface area contributed by atoms with Crippen LogP contribution in [0.3, 0.4) is 0 Å². The molecule has 0 saturated carbocycles. The van der Waals surface area contributed by atoms with Crippen LogP contribution in [0.1, 0.15) is 13.3 Å². The summed E-state index contributed by atoms with van der Waals surface area (Å²) in [5.74, 6) is 0.166. The van der Waals surface area contributed by atoms with Gasteiger partial charge in [-0.15, -0.1) is 0 Å². The Morgan fingerprint density at radius 3 is 2.52 bits per heavy atom. The molecule has 0 radical (unpaired) electrons. The highest BCUT2D eigenvalue weighted by atomic mass is 32.2. The van der Waals surface area contributed by atoms with E-state index in [1.54, 1.807) is 6.92 Å². The highest BCUT2D eigenvalue weighted by Gasteiger charge is 2.32. The molecule has 0 fully saturated rings. The van der Waals surface area contributed by atoms with E-state index in [-0.39, 0.29) is 30.9 Å². The molecule has 0 unspecified atom stereocenters. The molecule has 0 aliphatic heterocycles. The summed E-state index contributed by atoms with van der Waals surface area (Å²) in [5.41, 5.74) is -0.208. The summed E-state index contributed by atoms with van der Waals surface area (Å²) >= 11 is 0. The van der Waals surface area contributed by atoms with Crippen molar-refractivity contribution < 1.29 is 22.9 Å². The molecule has 0 heterocycles. The second-order valence-corrected chi connectivity index (χ2v) is 9.24. The first-order chi connectivity index (χ1) is 15.7. The molecule has 0 spiro atoms. The van der Waals surface area contributed by atoms with E-state index in [4.69, 9.17) is 4.74 Å². The molecule has 0 saturated heterocycles. The van der Waals surface area contributed by atoms with Crippen molar-refractivity contribution in [1.82, 2.24) is 5.32 Å². The van der Waals surface area contributed by atoms with Crippen molar-refractivity contribution in [3.05, 3.63) is 76.8 Å². The number of anilines is 1. The first-order valence-electron chi connectivity index (χ1n) is 10.3. The molecule has 0 aliphatic carbocycles. The number of fused-ring (bicyclic) bond motifs is 1. The summed E-state index contributed by atoms with van der Waals surface area (Å²) in [5, 5.41) is 15.8. The van der Waals surface area contributed by atoms with Crippen molar-refractivity contribution in [3.8, 4) is 5.75 Å². The van der Waals surface area contributed by atoms with Crippen molar-refractivity contribution >= 4 is 38.1 Å². The monoisotopic (exact) mass is 471 g/mol. The predicted octanol–water partition coefficient (Wildman–Crippen LogP) is 3.49. The lowest BCUT2D eigenvalue weighted by Crippen LogP contribution is -2.50. The van der Waals surface area contributed by atoms with Gasteiger partial charge in [-0.05, 0) is 23.9 Å². The van der Waals surface area contributed by atoms with Crippen LogP contribution in [0.25, 0.3) is 10.8 Å². The summed E-state index contributed by atoms with van der Waals surface area (Å²) < 4.78 is 31.8. The fourth-order valence-electron chi connectivity index (χ4n) is 3.58.